The highest BCUT2D eigenvalue weighted by atomic mass is 16.6. The largest absolute Gasteiger partial charge is 0.506 e. The third kappa shape index (κ3) is 4.60. The molecule has 5 atom stereocenters. The van der Waals surface area contributed by atoms with Crippen molar-refractivity contribution in [3.63, 3.8) is 0 Å². The summed E-state index contributed by atoms with van der Waals surface area (Å²) in [7, 11) is 0. The molecule has 4 aromatic rings. The van der Waals surface area contributed by atoms with Crippen molar-refractivity contribution in [3.05, 3.63) is 112 Å². The van der Waals surface area contributed by atoms with Crippen LogP contribution >= 0.6 is 0 Å². The van der Waals surface area contributed by atoms with Crippen LogP contribution in [0.2, 0.25) is 0 Å². The molecule has 43 heavy (non-hydrogen) atoms. The van der Waals surface area contributed by atoms with Crippen LogP contribution in [0.5, 0.6) is 34.5 Å². The highest BCUT2D eigenvalue weighted by Gasteiger charge is 2.58. The molecule has 3 aliphatic heterocycles. The first-order valence-electron chi connectivity index (χ1n) is 14.3. The maximum atomic E-state index is 11.0. The molecule has 8 rings (SSSR count). The molecule has 0 aromatic heterocycles. The third-order valence-electron chi connectivity index (χ3n) is 9.37. The summed E-state index contributed by atoms with van der Waals surface area (Å²) in [6.45, 7) is 3.29. The van der Waals surface area contributed by atoms with Crippen molar-refractivity contribution in [1.29, 1.82) is 5.26 Å². The quantitative estimate of drug-likeness (QED) is 0.184. The first-order chi connectivity index (χ1) is 20.8. The Kier molecular flexibility index (Phi) is 6.44. The average molecular weight is 576 g/mol. The Morgan fingerprint density at radius 3 is 1.74 bits per heavy atom. The van der Waals surface area contributed by atoms with Gasteiger partial charge >= 0.3 is 5.69 Å². The second-order valence-corrected chi connectivity index (χ2v) is 11.8. The number of nitriles is 1. The van der Waals surface area contributed by atoms with Crippen LogP contribution < -0.4 is 9.47 Å². The van der Waals surface area contributed by atoms with Gasteiger partial charge < -0.3 is 24.6 Å². The van der Waals surface area contributed by atoms with E-state index in [1.807, 2.05) is 30.3 Å². The van der Waals surface area contributed by atoms with E-state index >= 15 is 0 Å². The molecule has 1 unspecified atom stereocenters. The normalized spacial score (nSPS) is 25.2. The van der Waals surface area contributed by atoms with Crippen LogP contribution in [0.1, 0.15) is 29.5 Å². The van der Waals surface area contributed by atoms with Crippen molar-refractivity contribution < 1.29 is 24.6 Å². The zero-order valence-electron chi connectivity index (χ0n) is 23.2. The van der Waals surface area contributed by atoms with Crippen LogP contribution in [-0.4, -0.2) is 39.7 Å². The van der Waals surface area contributed by atoms with Gasteiger partial charge in [-0.1, -0.05) is 24.3 Å². The average Bonchev–Trinajstić information content (AvgIpc) is 2.98. The van der Waals surface area contributed by atoms with Crippen LogP contribution in [-0.2, 0) is 5.41 Å². The first kappa shape index (κ1) is 26.8. The minimum atomic E-state index is -0.633. The molecule has 4 fully saturated rings. The fourth-order valence-corrected chi connectivity index (χ4v) is 7.77. The van der Waals surface area contributed by atoms with Crippen molar-refractivity contribution in [2.75, 3.05) is 19.6 Å². The van der Waals surface area contributed by atoms with E-state index < -0.39 is 10.7 Å². The van der Waals surface area contributed by atoms with E-state index in [0.717, 1.165) is 19.0 Å². The van der Waals surface area contributed by atoms with Gasteiger partial charge in [-0.25, -0.2) is 0 Å². The number of hydrogen-bond acceptors (Lipinski definition) is 8. The standard InChI is InChI=1S/C34H29N3O6/c35-17-22-1-6-29(15-32(22)38)42-27-7-2-23(3-8-27)34(25-13-21-14-26(34)20-36(18-21)19-25)24-4-9-28(10-5-24)43-30-11-12-31(37(40)41)33(39)16-30/h1-12,15-16,21,25-26,38-39H,13-14,18-20H2/t21-,25+,26-,34+. The topological polar surface area (TPSA) is 129 Å². The van der Waals surface area contributed by atoms with Gasteiger partial charge in [0.15, 0.2) is 5.75 Å². The molecule has 0 amide bonds. The number of nitrogens with zero attached hydrogens (tertiary/aromatic N) is 3. The number of ether oxygens (including phenoxy) is 2. The summed E-state index contributed by atoms with van der Waals surface area (Å²) in [5.74, 6) is 3.08. The van der Waals surface area contributed by atoms with E-state index in [9.17, 15) is 20.3 Å². The molecular weight excluding hydrogens is 546 g/mol. The number of piperidine rings is 3. The van der Waals surface area contributed by atoms with Gasteiger partial charge in [0.2, 0.25) is 0 Å². The van der Waals surface area contributed by atoms with Crippen molar-refractivity contribution in [2.24, 2.45) is 17.8 Å². The lowest BCUT2D eigenvalue weighted by atomic mass is 9.48. The SMILES string of the molecule is N#Cc1ccc(Oc2ccc([C@@]3(c4ccc(Oc5ccc([N+](=O)[O-])c(O)c5)cc4)[C@@H]4C[C@H]5C[C@H]3CN(C5)C4)cc2)cc1O. The second kappa shape index (κ2) is 10.3. The van der Waals surface area contributed by atoms with Gasteiger partial charge in [-0.2, -0.15) is 5.26 Å². The molecule has 4 bridgehead atoms. The Bertz CT molecular complexity index is 1720. The van der Waals surface area contributed by atoms with Crippen LogP contribution in [0.15, 0.2) is 84.9 Å². The number of nitro benzene ring substituents is 1. The summed E-state index contributed by atoms with van der Waals surface area (Å²) in [4.78, 5) is 13.0. The number of hydrogen-bond donors (Lipinski definition) is 2. The monoisotopic (exact) mass is 575 g/mol. The number of phenols is 2. The van der Waals surface area contributed by atoms with Gasteiger partial charge in [-0.3, -0.25) is 10.1 Å². The molecule has 3 saturated heterocycles. The molecule has 4 aromatic carbocycles. The summed E-state index contributed by atoms with van der Waals surface area (Å²) in [5.41, 5.74) is 2.12. The van der Waals surface area contributed by atoms with Crippen molar-refractivity contribution >= 4 is 5.69 Å². The third-order valence-corrected chi connectivity index (χ3v) is 9.37. The number of nitro groups is 1. The van der Waals surface area contributed by atoms with Crippen LogP contribution in [0, 0.1) is 39.2 Å². The molecule has 1 saturated carbocycles. The maximum Gasteiger partial charge on any atom is 0.310 e. The summed E-state index contributed by atoms with van der Waals surface area (Å²) in [6, 6.07) is 26.9. The van der Waals surface area contributed by atoms with E-state index in [2.05, 4.69) is 29.2 Å². The van der Waals surface area contributed by atoms with E-state index in [-0.39, 0.29) is 22.4 Å². The minimum absolute atomic E-state index is 0.114. The Morgan fingerprint density at radius 2 is 1.28 bits per heavy atom. The molecule has 216 valence electrons. The van der Waals surface area contributed by atoms with E-state index in [1.54, 1.807) is 6.07 Å². The molecule has 4 aliphatic rings. The number of phenolic OH excluding ortho intramolecular Hbond substituents is 2. The Balaban J connectivity index is 1.20. The van der Waals surface area contributed by atoms with E-state index in [4.69, 9.17) is 14.7 Å². The molecule has 1 aliphatic carbocycles. The summed E-state index contributed by atoms with van der Waals surface area (Å²) in [6.07, 6.45) is 2.35. The Hall–Kier alpha value is -5.07. The van der Waals surface area contributed by atoms with Gasteiger partial charge in [0.25, 0.3) is 0 Å². The molecule has 2 N–H and O–H groups in total. The number of benzene rings is 4. The van der Waals surface area contributed by atoms with Gasteiger partial charge in [-0.05, 0) is 84.2 Å². The molecule has 0 radical (unpaired) electrons. The van der Waals surface area contributed by atoms with Crippen LogP contribution in [0.4, 0.5) is 5.69 Å². The summed E-state index contributed by atoms with van der Waals surface area (Å²) >= 11 is 0. The van der Waals surface area contributed by atoms with Gasteiger partial charge in [-0.15, -0.1) is 0 Å². The van der Waals surface area contributed by atoms with Crippen molar-refractivity contribution in [3.8, 4) is 40.6 Å². The lowest BCUT2D eigenvalue weighted by Gasteiger charge is -2.63. The maximum absolute atomic E-state index is 11.0. The van der Waals surface area contributed by atoms with Crippen LogP contribution in [0.3, 0.4) is 0 Å². The van der Waals surface area contributed by atoms with Crippen LogP contribution in [0.25, 0.3) is 0 Å². The zero-order chi connectivity index (χ0) is 29.7. The molecule has 0 spiro atoms. The predicted octanol–water partition coefficient (Wildman–Crippen LogP) is 6.72. The smallest absolute Gasteiger partial charge is 0.310 e. The van der Waals surface area contributed by atoms with Gasteiger partial charge in [0.05, 0.1) is 10.5 Å². The predicted molar refractivity (Wildman–Crippen MR) is 158 cm³/mol. The summed E-state index contributed by atoms with van der Waals surface area (Å²) in [5, 5.41) is 40.2. The van der Waals surface area contributed by atoms with Crippen molar-refractivity contribution in [1.82, 2.24) is 4.90 Å². The number of rotatable bonds is 7. The van der Waals surface area contributed by atoms with Gasteiger partial charge in [0.1, 0.15) is 34.8 Å². The minimum Gasteiger partial charge on any atom is -0.506 e. The highest BCUT2D eigenvalue weighted by molar-refractivity contribution is 5.52. The number of aromatic hydroxyl groups is 2. The molecule has 9 nitrogen and oxygen atoms in total. The Morgan fingerprint density at radius 1 is 0.767 bits per heavy atom. The lowest BCUT2D eigenvalue weighted by Crippen LogP contribution is -2.65. The molecular formula is C34H29N3O6. The summed E-state index contributed by atoms with van der Waals surface area (Å²) < 4.78 is 12.0. The fourth-order valence-electron chi connectivity index (χ4n) is 7.77. The highest BCUT2D eigenvalue weighted by Crippen LogP contribution is 2.59. The molecule has 9 heteroatoms. The Labute approximate surface area is 248 Å². The molecule has 3 heterocycles. The van der Waals surface area contributed by atoms with E-state index in [1.165, 1.54) is 60.8 Å². The second-order valence-electron chi connectivity index (χ2n) is 11.8. The fraction of sp³-hybridized carbons (Fsp3) is 0.265. The van der Waals surface area contributed by atoms with E-state index in [0.29, 0.717) is 34.8 Å². The van der Waals surface area contributed by atoms with Gasteiger partial charge in [0, 0.05) is 43.2 Å². The zero-order valence-corrected chi connectivity index (χ0v) is 23.2. The lowest BCUT2D eigenvalue weighted by molar-refractivity contribution is -0.385. The first-order valence-corrected chi connectivity index (χ1v) is 14.3. The van der Waals surface area contributed by atoms with Crippen molar-refractivity contribution in [2.45, 2.75) is 18.3 Å².